The van der Waals surface area contributed by atoms with Crippen LogP contribution in [0.15, 0.2) is 193 Å². The smallest absolute Gasteiger partial charge is 0.137 e. The number of hydrogen-bond acceptors (Lipinski definition) is 4. The first-order valence-electron chi connectivity index (χ1n) is 20.9. The van der Waals surface area contributed by atoms with E-state index in [0.29, 0.717) is 0 Å². The van der Waals surface area contributed by atoms with E-state index in [-0.39, 0.29) is 5.41 Å². The number of para-hydroxylation sites is 1. The van der Waals surface area contributed by atoms with Gasteiger partial charge in [0.25, 0.3) is 0 Å². The normalized spacial score (nSPS) is 12.2. The van der Waals surface area contributed by atoms with Gasteiger partial charge in [0.05, 0.1) is 21.8 Å². The van der Waals surface area contributed by atoms with Crippen molar-refractivity contribution in [3.63, 3.8) is 0 Å². The summed E-state index contributed by atoms with van der Waals surface area (Å²) < 4.78 is 9.36. The quantitative estimate of drug-likeness (QED) is 0.162. The Morgan fingerprint density at radius 2 is 1.03 bits per heavy atom. The summed E-state index contributed by atoms with van der Waals surface area (Å²) in [7, 11) is 0. The highest BCUT2D eigenvalue weighted by Crippen LogP contribution is 2.50. The van der Waals surface area contributed by atoms with Gasteiger partial charge in [-0.3, -0.25) is 4.98 Å². The second kappa shape index (κ2) is 13.6. The zero-order chi connectivity index (χ0) is 40.8. The van der Waals surface area contributed by atoms with Crippen LogP contribution in [-0.4, -0.2) is 4.98 Å². The molecule has 290 valence electrons. The molecule has 0 spiro atoms. The van der Waals surface area contributed by atoms with Gasteiger partial charge in [-0.05, 0) is 97.4 Å². The second-order valence-corrected chi connectivity index (χ2v) is 18.1. The van der Waals surface area contributed by atoms with Crippen LogP contribution in [0.3, 0.4) is 0 Å². The first-order chi connectivity index (χ1) is 29.9. The maximum atomic E-state index is 6.91. The monoisotopic (exact) mass is 800 g/mol. The third-order valence-electron chi connectivity index (χ3n) is 12.5. The molecule has 12 rings (SSSR count). The van der Waals surface area contributed by atoms with Gasteiger partial charge in [0.15, 0.2) is 0 Å². The molecule has 3 aromatic heterocycles. The molecule has 0 atom stereocenters. The fourth-order valence-corrected chi connectivity index (χ4v) is 10.8. The van der Waals surface area contributed by atoms with E-state index in [1.165, 1.54) is 63.6 Å². The van der Waals surface area contributed by atoms with Gasteiger partial charge in [-0.15, -0.1) is 11.3 Å². The second-order valence-electron chi connectivity index (χ2n) is 17.1. The van der Waals surface area contributed by atoms with E-state index < -0.39 is 0 Å². The SMILES string of the molecule is CC(C)(C)c1ccc(-c2ccccc2N(c2ccc3c(c2)oc2cc4c5ccccc5c5ccccc5c4cc23)c2cccc3c2sc2c(-c4ccccn4)cccc23)cc1. The topological polar surface area (TPSA) is 29.3 Å². The molecule has 0 radical (unpaired) electrons. The minimum atomic E-state index is 0.0586. The summed E-state index contributed by atoms with van der Waals surface area (Å²) in [5.74, 6) is 0. The largest absolute Gasteiger partial charge is 0.456 e. The average molecular weight is 801 g/mol. The van der Waals surface area contributed by atoms with Gasteiger partial charge < -0.3 is 9.32 Å². The number of thiophene rings is 1. The summed E-state index contributed by atoms with van der Waals surface area (Å²) >= 11 is 1.84. The number of furan rings is 1. The van der Waals surface area contributed by atoms with Gasteiger partial charge in [0.1, 0.15) is 11.2 Å². The van der Waals surface area contributed by atoms with E-state index in [0.717, 1.165) is 55.8 Å². The van der Waals surface area contributed by atoms with Crippen molar-refractivity contribution in [1.82, 2.24) is 4.98 Å². The van der Waals surface area contributed by atoms with Crippen molar-refractivity contribution in [2.75, 3.05) is 4.90 Å². The fourth-order valence-electron chi connectivity index (χ4n) is 9.48. The van der Waals surface area contributed by atoms with Gasteiger partial charge in [0.2, 0.25) is 0 Å². The molecule has 0 saturated carbocycles. The van der Waals surface area contributed by atoms with Crippen molar-refractivity contribution < 1.29 is 4.42 Å². The maximum Gasteiger partial charge on any atom is 0.137 e. The van der Waals surface area contributed by atoms with Gasteiger partial charge in [-0.1, -0.05) is 148 Å². The fraction of sp³-hybridized carbons (Fsp3) is 0.0702. The minimum Gasteiger partial charge on any atom is -0.456 e. The van der Waals surface area contributed by atoms with E-state index in [1.807, 2.05) is 23.6 Å². The lowest BCUT2D eigenvalue weighted by Crippen LogP contribution is -2.12. The zero-order valence-electron chi connectivity index (χ0n) is 34.1. The number of pyridine rings is 1. The minimum absolute atomic E-state index is 0.0586. The van der Waals surface area contributed by atoms with Crippen LogP contribution in [0.25, 0.3) is 96.8 Å². The number of benzene rings is 9. The van der Waals surface area contributed by atoms with E-state index in [1.54, 1.807) is 0 Å². The number of fused-ring (bicyclic) bond motifs is 12. The van der Waals surface area contributed by atoms with Gasteiger partial charge in [-0.2, -0.15) is 0 Å². The Kier molecular flexibility index (Phi) is 7.97. The summed E-state index contributed by atoms with van der Waals surface area (Å²) in [5.41, 5.74) is 10.8. The van der Waals surface area contributed by atoms with Gasteiger partial charge in [0, 0.05) is 55.3 Å². The lowest BCUT2D eigenvalue weighted by molar-refractivity contribution is 0.590. The first-order valence-corrected chi connectivity index (χ1v) is 21.8. The molecule has 0 aliphatic carbocycles. The van der Waals surface area contributed by atoms with Crippen molar-refractivity contribution in [2.24, 2.45) is 0 Å². The number of anilines is 3. The lowest BCUT2D eigenvalue weighted by atomic mass is 9.86. The van der Waals surface area contributed by atoms with Crippen LogP contribution in [0.1, 0.15) is 26.3 Å². The zero-order valence-corrected chi connectivity index (χ0v) is 34.9. The Morgan fingerprint density at radius 1 is 0.443 bits per heavy atom. The van der Waals surface area contributed by atoms with E-state index >= 15 is 0 Å². The highest BCUT2D eigenvalue weighted by molar-refractivity contribution is 7.27. The van der Waals surface area contributed by atoms with Crippen LogP contribution in [0.2, 0.25) is 0 Å². The van der Waals surface area contributed by atoms with Crippen LogP contribution in [0.4, 0.5) is 17.1 Å². The van der Waals surface area contributed by atoms with Crippen LogP contribution in [0, 0.1) is 0 Å². The summed E-state index contributed by atoms with van der Waals surface area (Å²) in [4.78, 5) is 7.21. The van der Waals surface area contributed by atoms with Crippen molar-refractivity contribution in [2.45, 2.75) is 26.2 Å². The lowest BCUT2D eigenvalue weighted by Gasteiger charge is -2.28. The molecule has 0 fully saturated rings. The van der Waals surface area contributed by atoms with Gasteiger partial charge >= 0.3 is 0 Å². The Morgan fingerprint density at radius 3 is 1.75 bits per heavy atom. The molecule has 0 N–H and O–H groups in total. The highest BCUT2D eigenvalue weighted by atomic mass is 32.1. The average Bonchev–Trinajstić information content (AvgIpc) is 3.87. The van der Waals surface area contributed by atoms with Crippen LogP contribution in [0.5, 0.6) is 0 Å². The molecule has 4 heteroatoms. The summed E-state index contributed by atoms with van der Waals surface area (Å²) in [5, 5.41) is 12.1. The predicted octanol–water partition coefficient (Wildman–Crippen LogP) is 16.9. The van der Waals surface area contributed by atoms with E-state index in [2.05, 4.69) is 202 Å². The summed E-state index contributed by atoms with van der Waals surface area (Å²) in [6.45, 7) is 6.80. The molecule has 12 aromatic rings. The highest BCUT2D eigenvalue weighted by Gasteiger charge is 2.24. The number of nitrogens with zero attached hydrogens (tertiary/aromatic N) is 2. The molecule has 3 heterocycles. The van der Waals surface area contributed by atoms with Crippen molar-refractivity contribution >= 4 is 103 Å². The standard InChI is InChI=1S/C57H40N2OS/c1-57(2,3)36-27-25-35(26-28-36)38-14-8-9-23-51(38)59(52-24-13-20-45-44-19-12-21-46(55(44)61-56(45)52)50-22-10-11-31-58-50)37-29-30-43-49-33-47-41-17-6-4-15-39(41)40-16-5-7-18-42(40)48(47)34-54(49)60-53(43)32-37/h4-34H,1-3H3. The van der Waals surface area contributed by atoms with Crippen LogP contribution < -0.4 is 4.90 Å². The number of hydrogen-bond donors (Lipinski definition) is 0. The van der Waals surface area contributed by atoms with E-state index in [9.17, 15) is 0 Å². The third-order valence-corrected chi connectivity index (χ3v) is 13.7. The molecule has 61 heavy (non-hydrogen) atoms. The number of aromatic nitrogens is 1. The summed E-state index contributed by atoms with van der Waals surface area (Å²) in [6.07, 6.45) is 1.88. The molecular weight excluding hydrogens is 761 g/mol. The maximum absolute atomic E-state index is 6.91. The summed E-state index contributed by atoms with van der Waals surface area (Å²) in [6, 6.07) is 66.2. The Balaban J connectivity index is 1.11. The van der Waals surface area contributed by atoms with E-state index in [4.69, 9.17) is 9.40 Å². The molecule has 0 aliphatic rings. The Labute approximate surface area is 357 Å². The number of rotatable bonds is 5. The molecule has 0 saturated heterocycles. The Hall–Kier alpha value is -7.27. The predicted molar refractivity (Wildman–Crippen MR) is 261 cm³/mol. The molecular formula is C57H40N2OS. The van der Waals surface area contributed by atoms with Crippen molar-refractivity contribution in [3.05, 3.63) is 194 Å². The molecule has 0 bridgehead atoms. The third kappa shape index (κ3) is 5.67. The first kappa shape index (κ1) is 35.7. The van der Waals surface area contributed by atoms with Gasteiger partial charge in [-0.25, -0.2) is 0 Å². The molecule has 0 aliphatic heterocycles. The molecule has 9 aromatic carbocycles. The molecule has 0 unspecified atom stereocenters. The molecule has 0 amide bonds. The van der Waals surface area contributed by atoms with Crippen molar-refractivity contribution in [3.8, 4) is 22.4 Å². The van der Waals surface area contributed by atoms with Crippen molar-refractivity contribution in [1.29, 1.82) is 0 Å². The Bertz CT molecular complexity index is 3690. The van der Waals surface area contributed by atoms with Crippen LogP contribution >= 0.6 is 11.3 Å². The van der Waals surface area contributed by atoms with Crippen LogP contribution in [-0.2, 0) is 5.41 Å². The molecule has 3 nitrogen and oxygen atoms in total.